The van der Waals surface area contributed by atoms with Gasteiger partial charge in [-0.05, 0) is 24.6 Å². The fraction of sp³-hybridized carbons (Fsp3) is 0.429. The summed E-state index contributed by atoms with van der Waals surface area (Å²) in [5.41, 5.74) is 2.54. The van der Waals surface area contributed by atoms with Gasteiger partial charge in [0.15, 0.2) is 0 Å². The average Bonchev–Trinajstić information content (AvgIpc) is 2.37. The number of methoxy groups -OCH3 is 1. The summed E-state index contributed by atoms with van der Waals surface area (Å²) in [6.45, 7) is 4.30. The molecule has 1 aromatic carbocycles. The molecule has 0 aliphatic heterocycles. The fourth-order valence-electron chi connectivity index (χ4n) is 1.84. The van der Waals surface area contributed by atoms with Crippen LogP contribution in [0.2, 0.25) is 0 Å². The zero-order chi connectivity index (χ0) is 13.7. The van der Waals surface area contributed by atoms with Gasteiger partial charge >= 0.3 is 5.97 Å². The van der Waals surface area contributed by atoms with Crippen molar-refractivity contribution in [2.75, 3.05) is 25.6 Å². The molecule has 4 nitrogen and oxygen atoms in total. The lowest BCUT2D eigenvalue weighted by Crippen LogP contribution is -2.29. The van der Waals surface area contributed by atoms with Gasteiger partial charge < -0.3 is 9.64 Å². The number of esters is 1. The van der Waals surface area contributed by atoms with Gasteiger partial charge in [-0.25, -0.2) is 0 Å². The average molecular weight is 246 g/mol. The van der Waals surface area contributed by atoms with Crippen LogP contribution >= 0.6 is 0 Å². The second-order valence-electron chi connectivity index (χ2n) is 4.44. The summed E-state index contributed by atoms with van der Waals surface area (Å²) in [6.07, 6.45) is 0. The lowest BCUT2D eigenvalue weighted by Gasteiger charge is -2.23. The van der Waals surface area contributed by atoms with Crippen LogP contribution < -0.4 is 4.90 Å². The zero-order valence-electron chi connectivity index (χ0n) is 11.2. The van der Waals surface area contributed by atoms with E-state index >= 15 is 0 Å². The van der Waals surface area contributed by atoms with Gasteiger partial charge in [-0.2, -0.15) is 5.26 Å². The molecule has 0 aliphatic carbocycles. The number of hydrogen-bond acceptors (Lipinski definition) is 4. The molecule has 1 rings (SSSR count). The van der Waals surface area contributed by atoms with Crippen LogP contribution in [0, 0.1) is 24.2 Å². The van der Waals surface area contributed by atoms with E-state index in [0.717, 1.165) is 11.3 Å². The Kier molecular flexibility index (Phi) is 4.73. The van der Waals surface area contributed by atoms with Crippen LogP contribution in [-0.2, 0) is 9.53 Å². The second kappa shape index (κ2) is 6.06. The fourth-order valence-corrected chi connectivity index (χ4v) is 1.84. The maximum absolute atomic E-state index is 11.4. The number of anilines is 1. The van der Waals surface area contributed by atoms with E-state index in [-0.39, 0.29) is 11.9 Å². The van der Waals surface area contributed by atoms with Gasteiger partial charge in [0.05, 0.1) is 24.3 Å². The molecule has 96 valence electrons. The molecule has 4 heteroatoms. The number of nitriles is 1. The molecule has 0 heterocycles. The Labute approximate surface area is 108 Å². The molecule has 0 radical (unpaired) electrons. The third kappa shape index (κ3) is 3.24. The summed E-state index contributed by atoms with van der Waals surface area (Å²) in [7, 11) is 3.25. The van der Waals surface area contributed by atoms with Crippen LogP contribution in [0.4, 0.5) is 5.69 Å². The van der Waals surface area contributed by atoms with E-state index in [0.29, 0.717) is 12.1 Å². The summed E-state index contributed by atoms with van der Waals surface area (Å²) in [5.74, 6) is -0.472. The normalized spacial score (nSPS) is 11.5. The predicted molar refractivity (Wildman–Crippen MR) is 70.3 cm³/mol. The molecule has 0 spiro atoms. The molecule has 0 aliphatic rings. The minimum absolute atomic E-state index is 0.230. The van der Waals surface area contributed by atoms with Crippen molar-refractivity contribution in [3.8, 4) is 6.07 Å². The number of aryl methyl sites for hydroxylation is 1. The van der Waals surface area contributed by atoms with Crippen molar-refractivity contribution in [3.63, 3.8) is 0 Å². The Hall–Kier alpha value is -2.02. The van der Waals surface area contributed by atoms with Crippen LogP contribution in [0.25, 0.3) is 0 Å². The van der Waals surface area contributed by atoms with E-state index in [4.69, 9.17) is 10.00 Å². The molecule has 1 atom stereocenters. The predicted octanol–water partition coefficient (Wildman–Crippen LogP) is 2.11. The summed E-state index contributed by atoms with van der Waals surface area (Å²) in [5, 5.41) is 9.08. The summed E-state index contributed by atoms with van der Waals surface area (Å²) in [6, 6.07) is 7.81. The molecule has 0 saturated heterocycles. The van der Waals surface area contributed by atoms with Crippen molar-refractivity contribution in [1.29, 1.82) is 5.26 Å². The Bertz CT molecular complexity index is 477. The first kappa shape index (κ1) is 14.0. The van der Waals surface area contributed by atoms with E-state index in [1.54, 1.807) is 6.07 Å². The van der Waals surface area contributed by atoms with Crippen LogP contribution in [0.3, 0.4) is 0 Å². The van der Waals surface area contributed by atoms with Gasteiger partial charge in [0, 0.05) is 13.6 Å². The Morgan fingerprint density at radius 1 is 1.56 bits per heavy atom. The minimum Gasteiger partial charge on any atom is -0.469 e. The zero-order valence-corrected chi connectivity index (χ0v) is 11.2. The van der Waals surface area contributed by atoms with Gasteiger partial charge in [0.1, 0.15) is 6.07 Å². The SMILES string of the molecule is COC(=O)C(C)CN(C)c1cc(C)ccc1C#N. The largest absolute Gasteiger partial charge is 0.469 e. The van der Waals surface area contributed by atoms with E-state index < -0.39 is 0 Å². The van der Waals surface area contributed by atoms with E-state index in [1.165, 1.54) is 7.11 Å². The molecule has 0 amide bonds. The van der Waals surface area contributed by atoms with Crippen LogP contribution in [0.5, 0.6) is 0 Å². The van der Waals surface area contributed by atoms with Gasteiger partial charge in [0.2, 0.25) is 0 Å². The minimum atomic E-state index is -0.243. The number of benzene rings is 1. The van der Waals surface area contributed by atoms with Gasteiger partial charge in [0.25, 0.3) is 0 Å². The summed E-state index contributed by atoms with van der Waals surface area (Å²) >= 11 is 0. The highest BCUT2D eigenvalue weighted by molar-refractivity contribution is 5.73. The lowest BCUT2D eigenvalue weighted by atomic mass is 10.1. The second-order valence-corrected chi connectivity index (χ2v) is 4.44. The third-order valence-electron chi connectivity index (χ3n) is 2.84. The monoisotopic (exact) mass is 246 g/mol. The summed E-state index contributed by atoms with van der Waals surface area (Å²) in [4.78, 5) is 13.3. The maximum atomic E-state index is 11.4. The third-order valence-corrected chi connectivity index (χ3v) is 2.84. The Morgan fingerprint density at radius 3 is 2.78 bits per heavy atom. The first-order valence-corrected chi connectivity index (χ1v) is 5.79. The number of carbonyl (C=O) groups is 1. The van der Waals surface area contributed by atoms with Crippen molar-refractivity contribution in [1.82, 2.24) is 0 Å². The number of rotatable bonds is 4. The molecule has 0 bridgehead atoms. The van der Waals surface area contributed by atoms with Crippen molar-refractivity contribution in [3.05, 3.63) is 29.3 Å². The Balaban J connectivity index is 2.90. The van der Waals surface area contributed by atoms with Gasteiger partial charge in [-0.15, -0.1) is 0 Å². The Morgan fingerprint density at radius 2 is 2.22 bits per heavy atom. The number of carbonyl (C=O) groups excluding carboxylic acids is 1. The van der Waals surface area contributed by atoms with Crippen molar-refractivity contribution >= 4 is 11.7 Å². The quantitative estimate of drug-likeness (QED) is 0.763. The van der Waals surface area contributed by atoms with Crippen LogP contribution in [0.1, 0.15) is 18.1 Å². The highest BCUT2D eigenvalue weighted by Gasteiger charge is 2.17. The van der Waals surface area contributed by atoms with E-state index in [2.05, 4.69) is 6.07 Å². The molecule has 1 unspecified atom stereocenters. The number of hydrogen-bond donors (Lipinski definition) is 0. The van der Waals surface area contributed by atoms with Crippen molar-refractivity contribution < 1.29 is 9.53 Å². The van der Waals surface area contributed by atoms with E-state index in [9.17, 15) is 4.79 Å². The maximum Gasteiger partial charge on any atom is 0.310 e. The molecular formula is C14H18N2O2. The van der Waals surface area contributed by atoms with E-state index in [1.807, 2.05) is 37.9 Å². The molecule has 0 fully saturated rings. The van der Waals surface area contributed by atoms with Crippen molar-refractivity contribution in [2.45, 2.75) is 13.8 Å². The molecule has 1 aromatic rings. The standard InChI is InChI=1S/C14H18N2O2/c1-10-5-6-12(8-15)13(7-10)16(3)9-11(2)14(17)18-4/h5-7,11H,9H2,1-4H3. The topological polar surface area (TPSA) is 53.3 Å². The highest BCUT2D eigenvalue weighted by Crippen LogP contribution is 2.21. The van der Waals surface area contributed by atoms with Gasteiger partial charge in [-0.3, -0.25) is 4.79 Å². The first-order chi connectivity index (χ1) is 8.49. The summed E-state index contributed by atoms with van der Waals surface area (Å²) < 4.78 is 4.70. The first-order valence-electron chi connectivity index (χ1n) is 5.79. The highest BCUT2D eigenvalue weighted by atomic mass is 16.5. The van der Waals surface area contributed by atoms with Crippen molar-refractivity contribution in [2.24, 2.45) is 5.92 Å². The molecule has 18 heavy (non-hydrogen) atoms. The number of ether oxygens (including phenoxy) is 1. The number of nitrogens with zero attached hydrogens (tertiary/aromatic N) is 2. The smallest absolute Gasteiger partial charge is 0.310 e. The molecule has 0 aromatic heterocycles. The van der Waals surface area contributed by atoms with Crippen LogP contribution in [0.15, 0.2) is 18.2 Å². The van der Waals surface area contributed by atoms with Gasteiger partial charge in [-0.1, -0.05) is 13.0 Å². The lowest BCUT2D eigenvalue weighted by molar-refractivity contribution is -0.144. The molecule has 0 saturated carbocycles. The van der Waals surface area contributed by atoms with Crippen LogP contribution in [-0.4, -0.2) is 26.7 Å². The molecular weight excluding hydrogens is 228 g/mol. The molecule has 0 N–H and O–H groups in total.